The Hall–Kier alpha value is -2.39. The van der Waals surface area contributed by atoms with Gasteiger partial charge in [-0.2, -0.15) is 0 Å². The Balaban J connectivity index is 1.79. The first kappa shape index (κ1) is 19.9. The summed E-state index contributed by atoms with van der Waals surface area (Å²) in [6.07, 6.45) is 1.47. The van der Waals surface area contributed by atoms with Crippen LogP contribution in [0.5, 0.6) is 11.5 Å². The number of phenolic OH excluding ortho intramolecular Hbond substituents is 1. The van der Waals surface area contributed by atoms with E-state index in [1.165, 1.54) is 18.9 Å². The summed E-state index contributed by atoms with van der Waals surface area (Å²) in [5, 5.41) is 15.7. The molecule has 2 aromatic rings. The number of aromatic amines is 1. The quantitative estimate of drug-likeness (QED) is 0.707. The van der Waals surface area contributed by atoms with Crippen molar-refractivity contribution in [3.8, 4) is 11.5 Å². The molecular weight excluding hydrogens is 394 g/mol. The number of amides is 1. The van der Waals surface area contributed by atoms with E-state index in [2.05, 4.69) is 10.4 Å². The minimum atomic E-state index is -0.390. The molecule has 0 bridgehead atoms. The molecule has 1 saturated heterocycles. The van der Waals surface area contributed by atoms with E-state index in [9.17, 15) is 14.7 Å². The Kier molecular flexibility index (Phi) is 5.12. The van der Waals surface area contributed by atoms with Gasteiger partial charge in [0.15, 0.2) is 11.5 Å². The van der Waals surface area contributed by atoms with Crippen molar-refractivity contribution < 1.29 is 19.4 Å². The molecule has 1 aromatic carbocycles. The Morgan fingerprint density at radius 2 is 2.14 bits per heavy atom. The molecule has 3 heterocycles. The Bertz CT molecular complexity index is 996. The smallest absolute Gasteiger partial charge is 0.270 e. The Labute approximate surface area is 172 Å². The molecular formula is C20H25N3O5S. The van der Waals surface area contributed by atoms with Gasteiger partial charge in [0.25, 0.3) is 5.56 Å². The summed E-state index contributed by atoms with van der Waals surface area (Å²) in [6.45, 7) is 4.64. The number of aromatic hydroxyl groups is 1. The van der Waals surface area contributed by atoms with Crippen molar-refractivity contribution in [2.75, 3.05) is 24.8 Å². The van der Waals surface area contributed by atoms with E-state index >= 15 is 0 Å². The van der Waals surface area contributed by atoms with Gasteiger partial charge < -0.3 is 19.9 Å². The molecule has 8 nitrogen and oxygen atoms in total. The second-order valence-electron chi connectivity index (χ2n) is 8.00. The van der Waals surface area contributed by atoms with Crippen molar-refractivity contribution in [2.24, 2.45) is 0 Å². The maximum atomic E-state index is 13.0. The van der Waals surface area contributed by atoms with Crippen LogP contribution in [0, 0.1) is 0 Å². The lowest BCUT2D eigenvalue weighted by Gasteiger charge is -2.36. The molecule has 4 rings (SSSR count). The van der Waals surface area contributed by atoms with Gasteiger partial charge in [-0.1, -0.05) is 6.07 Å². The van der Waals surface area contributed by atoms with Crippen molar-refractivity contribution in [3.05, 3.63) is 39.7 Å². The number of hydrogen-bond donors (Lipinski definition) is 3. The Morgan fingerprint density at radius 3 is 2.83 bits per heavy atom. The van der Waals surface area contributed by atoms with Crippen LogP contribution >= 0.6 is 11.8 Å². The molecule has 3 N–H and O–H groups in total. The topological polar surface area (TPSA) is 106 Å². The molecule has 2 aliphatic rings. The van der Waals surface area contributed by atoms with Crippen molar-refractivity contribution in [3.63, 3.8) is 0 Å². The monoisotopic (exact) mass is 419 g/mol. The van der Waals surface area contributed by atoms with Crippen LogP contribution in [-0.2, 0) is 9.53 Å². The average molecular weight is 420 g/mol. The molecule has 1 aromatic heterocycles. The molecule has 2 atom stereocenters. The van der Waals surface area contributed by atoms with Crippen LogP contribution in [0.3, 0.4) is 0 Å². The number of aromatic nitrogens is 2. The van der Waals surface area contributed by atoms with E-state index in [1.54, 1.807) is 16.8 Å². The number of nitrogens with zero attached hydrogens (tertiary/aromatic N) is 1. The standard InChI is InChI=1S/C20H25N3O5S/c1-20(2)9-12(6-7-28-20)23-18-16(19(26)22-23)17(29-10-15(25)21-18)11-4-5-14(27-3)13(24)8-11/h4-5,8,12,17,24H,6-7,9-10H2,1-3H3,(H,21,25)(H,22,26)/t12-,17-/m1/s1. The summed E-state index contributed by atoms with van der Waals surface area (Å²) in [5.74, 6) is 0.921. The van der Waals surface area contributed by atoms with Gasteiger partial charge in [-0.25, -0.2) is 0 Å². The van der Waals surface area contributed by atoms with Gasteiger partial charge in [0.1, 0.15) is 5.82 Å². The van der Waals surface area contributed by atoms with Crippen LogP contribution < -0.4 is 15.6 Å². The maximum Gasteiger partial charge on any atom is 0.270 e. The third-order valence-electron chi connectivity index (χ3n) is 5.41. The highest BCUT2D eigenvalue weighted by Crippen LogP contribution is 2.43. The van der Waals surface area contributed by atoms with Crippen LogP contribution in [0.25, 0.3) is 0 Å². The molecule has 0 saturated carbocycles. The van der Waals surface area contributed by atoms with Crippen LogP contribution in [0.2, 0.25) is 0 Å². The largest absolute Gasteiger partial charge is 0.504 e. The number of anilines is 1. The highest BCUT2D eigenvalue weighted by Gasteiger charge is 2.36. The molecule has 0 spiro atoms. The number of ether oxygens (including phenoxy) is 2. The predicted molar refractivity (Wildman–Crippen MR) is 111 cm³/mol. The predicted octanol–water partition coefficient (Wildman–Crippen LogP) is 2.80. The number of H-pyrrole nitrogens is 1. The Morgan fingerprint density at radius 1 is 1.34 bits per heavy atom. The van der Waals surface area contributed by atoms with E-state index in [0.717, 1.165) is 18.4 Å². The molecule has 2 aliphatic heterocycles. The zero-order chi connectivity index (χ0) is 20.8. The highest BCUT2D eigenvalue weighted by atomic mass is 32.2. The van der Waals surface area contributed by atoms with Gasteiger partial charge >= 0.3 is 0 Å². The zero-order valence-electron chi connectivity index (χ0n) is 16.7. The molecule has 1 fully saturated rings. The van der Waals surface area contributed by atoms with Crippen LogP contribution in [0.15, 0.2) is 23.0 Å². The van der Waals surface area contributed by atoms with Gasteiger partial charge in [-0.15, -0.1) is 11.8 Å². The van der Waals surface area contributed by atoms with Crippen LogP contribution in [-0.4, -0.2) is 45.9 Å². The van der Waals surface area contributed by atoms with E-state index in [0.29, 0.717) is 23.7 Å². The molecule has 0 aliphatic carbocycles. The van der Waals surface area contributed by atoms with E-state index < -0.39 is 5.25 Å². The van der Waals surface area contributed by atoms with Gasteiger partial charge in [0.2, 0.25) is 5.91 Å². The number of rotatable bonds is 3. The second-order valence-corrected chi connectivity index (χ2v) is 9.09. The van der Waals surface area contributed by atoms with Crippen molar-refractivity contribution >= 4 is 23.5 Å². The van der Waals surface area contributed by atoms with Crippen LogP contribution in [0.1, 0.15) is 49.1 Å². The van der Waals surface area contributed by atoms with E-state index in [-0.39, 0.29) is 34.6 Å². The normalized spacial score (nSPS) is 23.8. The summed E-state index contributed by atoms with van der Waals surface area (Å²) in [7, 11) is 1.48. The minimum Gasteiger partial charge on any atom is -0.504 e. The number of carbonyl (C=O) groups is 1. The first-order valence-corrected chi connectivity index (χ1v) is 10.6. The number of nitrogens with one attached hydrogen (secondary N) is 2. The van der Waals surface area contributed by atoms with Crippen LogP contribution in [0.4, 0.5) is 5.82 Å². The van der Waals surface area contributed by atoms with Gasteiger partial charge in [-0.3, -0.25) is 19.4 Å². The number of carbonyl (C=O) groups excluding carboxylic acids is 1. The SMILES string of the molecule is COc1ccc([C@H]2SCC(=O)Nc3c2c(=O)[nH]n3[C@@H]2CCOC(C)(C)C2)cc1O. The third-order valence-corrected chi connectivity index (χ3v) is 6.68. The van der Waals surface area contributed by atoms with Gasteiger partial charge in [0.05, 0.1) is 35.3 Å². The molecule has 29 heavy (non-hydrogen) atoms. The third kappa shape index (κ3) is 3.76. The fourth-order valence-electron chi connectivity index (χ4n) is 4.07. The fourth-order valence-corrected chi connectivity index (χ4v) is 5.19. The number of phenols is 1. The summed E-state index contributed by atoms with van der Waals surface area (Å²) >= 11 is 1.36. The van der Waals surface area contributed by atoms with Crippen molar-refractivity contribution in [1.29, 1.82) is 0 Å². The summed E-state index contributed by atoms with van der Waals surface area (Å²) in [5.41, 5.74) is 0.692. The summed E-state index contributed by atoms with van der Waals surface area (Å²) < 4.78 is 12.7. The van der Waals surface area contributed by atoms with Crippen molar-refractivity contribution in [2.45, 2.75) is 43.6 Å². The molecule has 9 heteroatoms. The first-order chi connectivity index (χ1) is 13.8. The number of methoxy groups -OCH3 is 1. The van der Waals surface area contributed by atoms with E-state index in [4.69, 9.17) is 9.47 Å². The van der Waals surface area contributed by atoms with Gasteiger partial charge in [0, 0.05) is 6.61 Å². The van der Waals surface area contributed by atoms with E-state index in [1.807, 2.05) is 19.9 Å². The first-order valence-electron chi connectivity index (χ1n) is 9.56. The number of hydrogen-bond acceptors (Lipinski definition) is 6. The second kappa shape index (κ2) is 7.46. The lowest BCUT2D eigenvalue weighted by atomic mass is 9.94. The number of thioether (sulfide) groups is 1. The lowest BCUT2D eigenvalue weighted by Crippen LogP contribution is -2.36. The zero-order valence-corrected chi connectivity index (χ0v) is 17.5. The average Bonchev–Trinajstić information content (AvgIpc) is 2.87. The fraction of sp³-hybridized carbons (Fsp3) is 0.500. The molecule has 156 valence electrons. The molecule has 0 unspecified atom stereocenters. The number of benzene rings is 1. The van der Waals surface area contributed by atoms with Crippen molar-refractivity contribution in [1.82, 2.24) is 9.78 Å². The summed E-state index contributed by atoms with van der Waals surface area (Å²) in [6, 6.07) is 5.08. The minimum absolute atomic E-state index is 0.00211. The lowest BCUT2D eigenvalue weighted by molar-refractivity contribution is -0.113. The maximum absolute atomic E-state index is 13.0. The number of fused-ring (bicyclic) bond motifs is 1. The molecule has 0 radical (unpaired) electrons. The molecule has 1 amide bonds. The van der Waals surface area contributed by atoms with Gasteiger partial charge in [-0.05, 0) is 44.4 Å². The summed E-state index contributed by atoms with van der Waals surface area (Å²) in [4.78, 5) is 25.4. The highest BCUT2D eigenvalue weighted by molar-refractivity contribution is 8.00.